The van der Waals surface area contributed by atoms with Crippen LogP contribution < -0.4 is 4.90 Å². The molecule has 1 heterocycles. The standard InChI is InChI=1S/C8H15BrN4/c1-8(2,6-9)12(3)7-5-10-11-13(7)4/h5H,6H2,1-4H3. The zero-order chi connectivity index (χ0) is 10.1. The zero-order valence-electron chi connectivity index (χ0n) is 8.45. The molecule has 13 heavy (non-hydrogen) atoms. The van der Waals surface area contributed by atoms with E-state index in [4.69, 9.17) is 0 Å². The van der Waals surface area contributed by atoms with Crippen molar-refractivity contribution < 1.29 is 0 Å². The second kappa shape index (κ2) is 3.65. The Kier molecular flexibility index (Phi) is 2.95. The molecule has 0 fully saturated rings. The minimum absolute atomic E-state index is 0.0650. The van der Waals surface area contributed by atoms with Crippen molar-refractivity contribution in [1.82, 2.24) is 15.0 Å². The Hall–Kier alpha value is -0.580. The number of rotatable bonds is 3. The highest BCUT2D eigenvalue weighted by molar-refractivity contribution is 9.09. The highest BCUT2D eigenvalue weighted by Gasteiger charge is 2.24. The monoisotopic (exact) mass is 246 g/mol. The Morgan fingerprint density at radius 1 is 1.62 bits per heavy atom. The van der Waals surface area contributed by atoms with Gasteiger partial charge in [-0.05, 0) is 13.8 Å². The third-order valence-corrected chi connectivity index (χ3v) is 3.64. The molecule has 0 aromatic carbocycles. The highest BCUT2D eigenvalue weighted by atomic mass is 79.9. The van der Waals surface area contributed by atoms with Crippen LogP contribution in [0, 0.1) is 0 Å². The zero-order valence-corrected chi connectivity index (χ0v) is 10.0. The number of hydrogen-bond donors (Lipinski definition) is 0. The summed E-state index contributed by atoms with van der Waals surface area (Å²) >= 11 is 3.49. The lowest BCUT2D eigenvalue weighted by atomic mass is 10.1. The second-order valence-corrected chi connectivity index (χ2v) is 4.28. The molecule has 0 radical (unpaired) electrons. The summed E-state index contributed by atoms with van der Waals surface area (Å²) in [6.45, 7) is 4.32. The molecule has 74 valence electrons. The van der Waals surface area contributed by atoms with Gasteiger partial charge in [0, 0.05) is 25.0 Å². The molecule has 0 aliphatic rings. The van der Waals surface area contributed by atoms with Crippen molar-refractivity contribution in [1.29, 1.82) is 0 Å². The first-order valence-corrected chi connectivity index (χ1v) is 5.25. The summed E-state index contributed by atoms with van der Waals surface area (Å²) in [7, 11) is 3.93. The second-order valence-electron chi connectivity index (χ2n) is 3.72. The third kappa shape index (κ3) is 2.02. The Balaban J connectivity index is 2.91. The molecule has 0 saturated heterocycles. The van der Waals surface area contributed by atoms with Crippen molar-refractivity contribution in [2.75, 3.05) is 17.3 Å². The van der Waals surface area contributed by atoms with Gasteiger partial charge < -0.3 is 4.90 Å². The minimum atomic E-state index is 0.0650. The van der Waals surface area contributed by atoms with E-state index in [2.05, 4.69) is 45.0 Å². The van der Waals surface area contributed by atoms with Crippen molar-refractivity contribution in [2.24, 2.45) is 7.05 Å². The first kappa shape index (κ1) is 10.5. The summed E-state index contributed by atoms with van der Waals surface area (Å²) in [6, 6.07) is 0. The van der Waals surface area contributed by atoms with Gasteiger partial charge in [-0.25, -0.2) is 4.68 Å². The molecule has 0 N–H and O–H groups in total. The van der Waals surface area contributed by atoms with Crippen molar-refractivity contribution in [3.05, 3.63) is 6.20 Å². The first-order valence-electron chi connectivity index (χ1n) is 4.13. The van der Waals surface area contributed by atoms with Crippen molar-refractivity contribution in [2.45, 2.75) is 19.4 Å². The maximum atomic E-state index is 3.90. The van der Waals surface area contributed by atoms with Gasteiger partial charge in [-0.15, -0.1) is 5.10 Å². The van der Waals surface area contributed by atoms with Crippen LogP contribution in [0.2, 0.25) is 0 Å². The van der Waals surface area contributed by atoms with Gasteiger partial charge in [0.15, 0.2) is 0 Å². The lowest BCUT2D eigenvalue weighted by Gasteiger charge is -2.35. The van der Waals surface area contributed by atoms with Gasteiger partial charge >= 0.3 is 0 Å². The van der Waals surface area contributed by atoms with Gasteiger partial charge in [-0.3, -0.25) is 0 Å². The predicted molar refractivity (Wildman–Crippen MR) is 57.3 cm³/mol. The van der Waals surface area contributed by atoms with E-state index in [0.29, 0.717) is 0 Å². The van der Waals surface area contributed by atoms with E-state index >= 15 is 0 Å². The fourth-order valence-corrected chi connectivity index (χ4v) is 1.36. The topological polar surface area (TPSA) is 34.0 Å². The van der Waals surface area contributed by atoms with Crippen LogP contribution in [0.4, 0.5) is 5.82 Å². The Morgan fingerprint density at radius 3 is 2.62 bits per heavy atom. The van der Waals surface area contributed by atoms with Gasteiger partial charge in [0.05, 0.1) is 6.20 Å². The normalized spacial score (nSPS) is 11.8. The maximum absolute atomic E-state index is 3.90. The molecule has 0 amide bonds. The minimum Gasteiger partial charge on any atom is -0.353 e. The summed E-state index contributed by atoms with van der Waals surface area (Å²) in [4.78, 5) is 2.15. The van der Waals surface area contributed by atoms with E-state index in [1.54, 1.807) is 10.9 Å². The quantitative estimate of drug-likeness (QED) is 0.757. The number of anilines is 1. The number of aromatic nitrogens is 3. The number of hydrogen-bond acceptors (Lipinski definition) is 3. The van der Waals surface area contributed by atoms with Gasteiger partial charge in [-0.1, -0.05) is 21.1 Å². The summed E-state index contributed by atoms with van der Waals surface area (Å²) < 4.78 is 1.77. The predicted octanol–water partition coefficient (Wildman–Crippen LogP) is 1.42. The summed E-state index contributed by atoms with van der Waals surface area (Å²) in [5.41, 5.74) is 0.0650. The van der Waals surface area contributed by atoms with Crippen LogP contribution in [0.3, 0.4) is 0 Å². The van der Waals surface area contributed by atoms with Gasteiger partial charge in [0.25, 0.3) is 0 Å². The molecule has 4 nitrogen and oxygen atoms in total. The van der Waals surface area contributed by atoms with Gasteiger partial charge in [0.2, 0.25) is 0 Å². The van der Waals surface area contributed by atoms with Crippen molar-refractivity contribution in [3.63, 3.8) is 0 Å². The molecule has 0 aliphatic heterocycles. The highest BCUT2D eigenvalue weighted by Crippen LogP contribution is 2.21. The SMILES string of the molecule is CN(c1cnnn1C)C(C)(C)CBr. The van der Waals surface area contributed by atoms with E-state index < -0.39 is 0 Å². The van der Waals surface area contributed by atoms with E-state index in [0.717, 1.165) is 11.1 Å². The molecule has 1 rings (SSSR count). The third-order valence-electron chi connectivity index (χ3n) is 2.27. The van der Waals surface area contributed by atoms with E-state index in [1.165, 1.54) is 0 Å². The Labute approximate surface area is 87.0 Å². The number of alkyl halides is 1. The van der Waals surface area contributed by atoms with Gasteiger partial charge in [-0.2, -0.15) is 0 Å². The Bertz CT molecular complexity index is 281. The van der Waals surface area contributed by atoms with E-state index in [-0.39, 0.29) is 5.54 Å². The fourth-order valence-electron chi connectivity index (χ4n) is 0.988. The molecule has 0 unspecified atom stereocenters. The van der Waals surface area contributed by atoms with Crippen LogP contribution in [0.15, 0.2) is 6.20 Å². The summed E-state index contributed by atoms with van der Waals surface area (Å²) in [5, 5.41) is 8.65. The molecule has 0 atom stereocenters. The number of nitrogens with zero attached hydrogens (tertiary/aromatic N) is 4. The Morgan fingerprint density at radius 2 is 2.23 bits per heavy atom. The molecule has 5 heteroatoms. The van der Waals surface area contributed by atoms with E-state index in [9.17, 15) is 0 Å². The molecular formula is C8H15BrN4. The van der Waals surface area contributed by atoms with Crippen LogP contribution in [0.25, 0.3) is 0 Å². The lowest BCUT2D eigenvalue weighted by Crippen LogP contribution is -2.43. The molecule has 1 aromatic heterocycles. The van der Waals surface area contributed by atoms with Crippen LogP contribution in [0.1, 0.15) is 13.8 Å². The molecule has 0 saturated carbocycles. The van der Waals surface area contributed by atoms with Crippen LogP contribution in [0.5, 0.6) is 0 Å². The van der Waals surface area contributed by atoms with Crippen LogP contribution in [-0.4, -0.2) is 32.9 Å². The largest absolute Gasteiger partial charge is 0.353 e. The maximum Gasteiger partial charge on any atom is 0.147 e. The van der Waals surface area contributed by atoms with Crippen molar-refractivity contribution >= 4 is 21.7 Å². The molecule has 0 aliphatic carbocycles. The van der Waals surface area contributed by atoms with Crippen LogP contribution >= 0.6 is 15.9 Å². The van der Waals surface area contributed by atoms with Crippen LogP contribution in [-0.2, 0) is 7.05 Å². The average molecular weight is 247 g/mol. The smallest absolute Gasteiger partial charge is 0.147 e. The van der Waals surface area contributed by atoms with Gasteiger partial charge in [0.1, 0.15) is 5.82 Å². The van der Waals surface area contributed by atoms with Crippen molar-refractivity contribution in [3.8, 4) is 0 Å². The molecular weight excluding hydrogens is 232 g/mol. The molecule has 0 bridgehead atoms. The van der Waals surface area contributed by atoms with E-state index in [1.807, 2.05) is 14.1 Å². The summed E-state index contributed by atoms with van der Waals surface area (Å²) in [5.74, 6) is 1.02. The molecule has 1 aromatic rings. The first-order chi connectivity index (χ1) is 5.99. The summed E-state index contributed by atoms with van der Waals surface area (Å²) in [6.07, 6.45) is 1.77. The fraction of sp³-hybridized carbons (Fsp3) is 0.750. The number of halogens is 1. The lowest BCUT2D eigenvalue weighted by molar-refractivity contribution is 0.533. The number of aryl methyl sites for hydroxylation is 1. The average Bonchev–Trinajstić information content (AvgIpc) is 2.50. The molecule has 0 spiro atoms.